The minimum atomic E-state index is -0.769. The Morgan fingerprint density at radius 1 is 1.00 bits per heavy atom. The van der Waals surface area contributed by atoms with Gasteiger partial charge in [0.2, 0.25) is 0 Å². The Bertz CT molecular complexity index is 521. The third-order valence-electron chi connectivity index (χ3n) is 4.77. The number of carbonyl (C=O) groups is 2. The summed E-state index contributed by atoms with van der Waals surface area (Å²) in [7, 11) is 1.58. The van der Waals surface area contributed by atoms with Crippen LogP contribution < -0.4 is 11.1 Å². The van der Waals surface area contributed by atoms with Crippen LogP contribution in [0.2, 0.25) is 0 Å². The topological polar surface area (TPSA) is 99.9 Å². The molecule has 0 heterocycles. The van der Waals surface area contributed by atoms with Crippen LogP contribution in [0.1, 0.15) is 60.3 Å². The standard InChI is InChI=1S/C21H41BN2O5/c1-7-18(26)27-13-10-20(4,5)28-15-11-21(6,23)29-14-9-19(2,3)8-12-24-16-17(22)25/h7,24H,1,8-16,22-23H2,2-6H3. The molecule has 0 aliphatic carbocycles. The van der Waals surface area contributed by atoms with Gasteiger partial charge in [-0.1, -0.05) is 20.4 Å². The van der Waals surface area contributed by atoms with Crippen molar-refractivity contribution in [3.63, 3.8) is 0 Å². The summed E-state index contributed by atoms with van der Waals surface area (Å²) in [5.41, 5.74) is 5.31. The SMILES string of the molecule is BC(=O)CNCCC(C)(C)CCOC(C)(N)CCOC(C)(C)CCOC(=O)C=C. The maximum absolute atomic E-state index is 11.1. The van der Waals surface area contributed by atoms with E-state index in [1.54, 1.807) is 7.85 Å². The third kappa shape index (κ3) is 16.3. The van der Waals surface area contributed by atoms with Crippen molar-refractivity contribution in [1.82, 2.24) is 5.32 Å². The van der Waals surface area contributed by atoms with E-state index in [4.69, 9.17) is 19.9 Å². The van der Waals surface area contributed by atoms with E-state index in [1.807, 2.05) is 20.8 Å². The summed E-state index contributed by atoms with van der Waals surface area (Å²) in [6.07, 6.45) is 4.13. The Kier molecular flexibility index (Phi) is 12.6. The van der Waals surface area contributed by atoms with Gasteiger partial charge >= 0.3 is 5.97 Å². The van der Waals surface area contributed by atoms with Gasteiger partial charge in [0.05, 0.1) is 24.5 Å². The van der Waals surface area contributed by atoms with Gasteiger partial charge in [-0.15, -0.1) is 0 Å². The van der Waals surface area contributed by atoms with E-state index >= 15 is 0 Å². The molecule has 0 fully saturated rings. The van der Waals surface area contributed by atoms with Crippen LogP contribution in [0, 0.1) is 5.41 Å². The molecule has 0 spiro atoms. The van der Waals surface area contributed by atoms with Crippen molar-refractivity contribution in [3.8, 4) is 0 Å². The first kappa shape index (κ1) is 27.8. The highest BCUT2D eigenvalue weighted by atomic mass is 16.5. The second kappa shape index (κ2) is 13.2. The number of esters is 1. The predicted octanol–water partition coefficient (Wildman–Crippen LogP) is 1.54. The summed E-state index contributed by atoms with van der Waals surface area (Å²) < 4.78 is 16.8. The molecule has 0 amide bonds. The lowest BCUT2D eigenvalue weighted by molar-refractivity contribution is -0.140. The van der Waals surface area contributed by atoms with Crippen molar-refractivity contribution in [2.24, 2.45) is 11.1 Å². The van der Waals surface area contributed by atoms with Crippen LogP contribution in [0.5, 0.6) is 0 Å². The smallest absolute Gasteiger partial charge is 0.330 e. The van der Waals surface area contributed by atoms with E-state index < -0.39 is 17.3 Å². The summed E-state index contributed by atoms with van der Waals surface area (Å²) in [6.45, 7) is 16.0. The molecule has 0 bridgehead atoms. The Balaban J connectivity index is 4.08. The zero-order valence-corrected chi connectivity index (χ0v) is 19.3. The number of hydrogen-bond acceptors (Lipinski definition) is 7. The van der Waals surface area contributed by atoms with Crippen LogP contribution in [-0.4, -0.2) is 63.7 Å². The lowest BCUT2D eigenvalue weighted by atomic mass is 9.86. The van der Waals surface area contributed by atoms with Crippen molar-refractivity contribution in [1.29, 1.82) is 0 Å². The zero-order valence-electron chi connectivity index (χ0n) is 19.3. The second-order valence-electron chi connectivity index (χ2n) is 9.18. The lowest BCUT2D eigenvalue weighted by Crippen LogP contribution is -2.42. The van der Waals surface area contributed by atoms with Gasteiger partial charge < -0.3 is 30.1 Å². The largest absolute Gasteiger partial charge is 0.462 e. The molecule has 0 radical (unpaired) electrons. The maximum Gasteiger partial charge on any atom is 0.330 e. The molecule has 29 heavy (non-hydrogen) atoms. The Hall–Kier alpha value is -1.22. The van der Waals surface area contributed by atoms with Crippen molar-refractivity contribution >= 4 is 19.5 Å². The van der Waals surface area contributed by atoms with Crippen LogP contribution in [0.25, 0.3) is 0 Å². The molecule has 0 saturated heterocycles. The fourth-order valence-electron chi connectivity index (χ4n) is 2.51. The first-order chi connectivity index (χ1) is 13.3. The highest BCUT2D eigenvalue weighted by Crippen LogP contribution is 2.25. The summed E-state index contributed by atoms with van der Waals surface area (Å²) in [5.74, 6) is -0.429. The van der Waals surface area contributed by atoms with E-state index in [1.165, 1.54) is 0 Å². The molecule has 0 aromatic heterocycles. The molecule has 0 aliphatic heterocycles. The molecule has 8 heteroatoms. The van der Waals surface area contributed by atoms with Crippen LogP contribution in [0.3, 0.4) is 0 Å². The second-order valence-corrected chi connectivity index (χ2v) is 9.18. The van der Waals surface area contributed by atoms with E-state index in [-0.39, 0.29) is 17.7 Å². The average molecular weight is 412 g/mol. The molecule has 0 saturated carbocycles. The molecule has 0 rings (SSSR count). The van der Waals surface area contributed by atoms with Crippen LogP contribution in [0.15, 0.2) is 12.7 Å². The Morgan fingerprint density at radius 2 is 1.62 bits per heavy atom. The summed E-state index contributed by atoms with van der Waals surface area (Å²) in [5, 5.41) is 3.15. The first-order valence-corrected chi connectivity index (χ1v) is 10.3. The minimum Gasteiger partial charge on any atom is -0.462 e. The normalized spacial score (nSPS) is 14.3. The van der Waals surface area contributed by atoms with E-state index in [9.17, 15) is 9.59 Å². The van der Waals surface area contributed by atoms with Crippen LogP contribution in [0.4, 0.5) is 0 Å². The number of nitrogens with two attached hydrogens (primary N) is 1. The van der Waals surface area contributed by atoms with Gasteiger partial charge in [-0.2, -0.15) is 0 Å². The van der Waals surface area contributed by atoms with Crippen molar-refractivity contribution in [2.45, 2.75) is 71.6 Å². The number of hydrogen-bond donors (Lipinski definition) is 2. The molecule has 7 nitrogen and oxygen atoms in total. The van der Waals surface area contributed by atoms with E-state index in [0.717, 1.165) is 25.5 Å². The van der Waals surface area contributed by atoms with Gasteiger partial charge in [0.1, 0.15) is 5.72 Å². The summed E-state index contributed by atoms with van der Waals surface area (Å²) in [4.78, 5) is 22.0. The number of ether oxygens (including phenoxy) is 3. The van der Waals surface area contributed by atoms with Gasteiger partial charge in [0.15, 0.2) is 7.85 Å². The molecule has 168 valence electrons. The van der Waals surface area contributed by atoms with Crippen molar-refractivity contribution in [2.75, 3.05) is 32.9 Å². The number of rotatable bonds is 17. The van der Waals surface area contributed by atoms with E-state index in [2.05, 4.69) is 25.7 Å². The molecule has 1 unspecified atom stereocenters. The van der Waals surface area contributed by atoms with Gasteiger partial charge in [0.25, 0.3) is 0 Å². The van der Waals surface area contributed by atoms with E-state index in [0.29, 0.717) is 32.6 Å². The monoisotopic (exact) mass is 412 g/mol. The van der Waals surface area contributed by atoms with Gasteiger partial charge in [0, 0.05) is 32.1 Å². The number of carbonyl (C=O) groups excluding carboxylic acids is 2. The Morgan fingerprint density at radius 3 is 2.21 bits per heavy atom. The highest BCUT2D eigenvalue weighted by Gasteiger charge is 2.25. The zero-order chi connectivity index (χ0) is 22.6. The quantitative estimate of drug-likeness (QED) is 0.123. The molecule has 0 aliphatic rings. The van der Waals surface area contributed by atoms with Gasteiger partial charge in [-0.05, 0) is 45.6 Å². The fourth-order valence-corrected chi connectivity index (χ4v) is 2.51. The minimum absolute atomic E-state index is 0.0984. The van der Waals surface area contributed by atoms with Crippen molar-refractivity contribution in [3.05, 3.63) is 12.7 Å². The van der Waals surface area contributed by atoms with Gasteiger partial charge in [-0.25, -0.2) is 4.79 Å². The predicted molar refractivity (Wildman–Crippen MR) is 118 cm³/mol. The molecule has 0 aromatic carbocycles. The highest BCUT2D eigenvalue weighted by molar-refractivity contribution is 6.58. The lowest BCUT2D eigenvalue weighted by Gasteiger charge is -2.31. The summed E-state index contributed by atoms with van der Waals surface area (Å²) in [6, 6.07) is 0. The van der Waals surface area contributed by atoms with Gasteiger partial charge in [-0.3, -0.25) is 0 Å². The first-order valence-electron chi connectivity index (χ1n) is 10.3. The average Bonchev–Trinajstić information content (AvgIpc) is 2.57. The fraction of sp³-hybridized carbons (Fsp3) is 0.810. The van der Waals surface area contributed by atoms with Crippen LogP contribution in [-0.2, 0) is 23.8 Å². The van der Waals surface area contributed by atoms with Crippen molar-refractivity contribution < 1.29 is 23.8 Å². The molecule has 3 N–H and O–H groups in total. The molecule has 1 atom stereocenters. The maximum atomic E-state index is 11.1. The van der Waals surface area contributed by atoms with Crippen LogP contribution >= 0.6 is 0 Å². The Labute approximate surface area is 177 Å². The molecular formula is C21H41BN2O5. The molecule has 0 aromatic rings. The third-order valence-corrected chi connectivity index (χ3v) is 4.77. The summed E-state index contributed by atoms with van der Waals surface area (Å²) >= 11 is 0. The number of nitrogens with one attached hydrogen (secondary N) is 1. The molecular weight excluding hydrogens is 371 g/mol.